The summed E-state index contributed by atoms with van der Waals surface area (Å²) in [7, 11) is -2.04. The first kappa shape index (κ1) is 18.6. The predicted octanol–water partition coefficient (Wildman–Crippen LogP) is 1.70. The van der Waals surface area contributed by atoms with E-state index in [4.69, 9.17) is 4.74 Å². The Morgan fingerprint density at radius 2 is 1.88 bits per heavy atom. The lowest BCUT2D eigenvalue weighted by Crippen LogP contribution is -2.50. The molecule has 0 atom stereocenters. The van der Waals surface area contributed by atoms with Crippen molar-refractivity contribution in [2.24, 2.45) is 0 Å². The van der Waals surface area contributed by atoms with Crippen LogP contribution < -0.4 is 4.74 Å². The molecule has 0 bridgehead atoms. The molecule has 1 aliphatic heterocycles. The molecule has 1 aliphatic rings. The van der Waals surface area contributed by atoms with Crippen LogP contribution in [0.3, 0.4) is 0 Å². The average Bonchev–Trinajstić information content (AvgIpc) is 3.20. The van der Waals surface area contributed by atoms with Crippen molar-refractivity contribution in [2.45, 2.75) is 4.90 Å². The summed E-state index contributed by atoms with van der Waals surface area (Å²) in [5.74, 6) is 0.464. The lowest BCUT2D eigenvalue weighted by atomic mass is 10.3. The third-order valence-electron chi connectivity index (χ3n) is 4.10. The first-order chi connectivity index (χ1) is 12.5. The van der Waals surface area contributed by atoms with Gasteiger partial charge >= 0.3 is 0 Å². The Labute approximate surface area is 156 Å². The molecule has 2 aromatic rings. The second-order valence-corrected chi connectivity index (χ2v) is 8.31. The van der Waals surface area contributed by atoms with Gasteiger partial charge in [-0.15, -0.1) is 11.3 Å². The lowest BCUT2D eigenvalue weighted by Gasteiger charge is -2.33. The van der Waals surface area contributed by atoms with E-state index in [-0.39, 0.29) is 23.9 Å². The number of amides is 1. The molecule has 7 nitrogen and oxygen atoms in total. The zero-order chi connectivity index (χ0) is 18.6. The van der Waals surface area contributed by atoms with Gasteiger partial charge in [-0.25, -0.2) is 13.4 Å². The summed E-state index contributed by atoms with van der Waals surface area (Å²) in [5, 5.41) is 1.85. The van der Waals surface area contributed by atoms with Gasteiger partial charge in [-0.2, -0.15) is 4.31 Å². The van der Waals surface area contributed by atoms with Gasteiger partial charge in [0, 0.05) is 37.6 Å². The third-order valence-corrected chi connectivity index (χ3v) is 6.61. The summed E-state index contributed by atoms with van der Waals surface area (Å²) in [6.45, 7) is 1.25. The molecule has 0 spiro atoms. The molecule has 1 saturated heterocycles. The zero-order valence-corrected chi connectivity index (χ0v) is 15.9. The number of thiazole rings is 1. The Kier molecular flexibility index (Phi) is 5.70. The van der Waals surface area contributed by atoms with Crippen LogP contribution in [0.4, 0.5) is 0 Å². The van der Waals surface area contributed by atoms with Gasteiger partial charge in [-0.05, 0) is 30.3 Å². The van der Waals surface area contributed by atoms with Crippen molar-refractivity contribution in [3.63, 3.8) is 0 Å². The molecule has 1 fully saturated rings. The highest BCUT2D eigenvalue weighted by atomic mass is 32.2. The molecule has 2 heterocycles. The Balaban J connectivity index is 1.61. The monoisotopic (exact) mass is 393 g/mol. The summed E-state index contributed by atoms with van der Waals surface area (Å²) in [6, 6.07) is 6.30. The van der Waals surface area contributed by atoms with Crippen molar-refractivity contribution in [2.75, 3.05) is 33.3 Å². The van der Waals surface area contributed by atoms with Gasteiger partial charge in [0.15, 0.2) is 0 Å². The van der Waals surface area contributed by atoms with Crippen LogP contribution in [0, 0.1) is 0 Å². The average molecular weight is 393 g/mol. The molecule has 0 unspecified atom stereocenters. The fraction of sp³-hybridized carbons (Fsp3) is 0.294. The maximum atomic E-state index is 12.7. The Bertz CT molecular complexity index is 869. The van der Waals surface area contributed by atoms with E-state index >= 15 is 0 Å². The Hall–Kier alpha value is -2.23. The van der Waals surface area contributed by atoms with E-state index in [0.717, 1.165) is 5.69 Å². The molecular weight excluding hydrogens is 374 g/mol. The minimum absolute atomic E-state index is 0.139. The topological polar surface area (TPSA) is 79.8 Å². The van der Waals surface area contributed by atoms with Crippen LogP contribution in [0.15, 0.2) is 46.1 Å². The number of piperazine rings is 1. The quantitative estimate of drug-likeness (QED) is 0.723. The molecule has 9 heteroatoms. The molecule has 3 rings (SSSR count). The van der Waals surface area contributed by atoms with Crippen LogP contribution in [0.1, 0.15) is 5.69 Å². The predicted molar refractivity (Wildman–Crippen MR) is 99.5 cm³/mol. The van der Waals surface area contributed by atoms with Crippen molar-refractivity contribution >= 4 is 33.3 Å². The highest BCUT2D eigenvalue weighted by molar-refractivity contribution is 7.89. The number of ether oxygens (including phenoxy) is 1. The Morgan fingerprint density at radius 1 is 1.19 bits per heavy atom. The maximum absolute atomic E-state index is 12.7. The first-order valence-electron chi connectivity index (χ1n) is 8.00. The minimum atomic E-state index is -3.57. The molecule has 0 saturated carbocycles. The SMILES string of the molecule is COc1ccc(S(=O)(=O)N2CCN(C(=O)/C=C/c3cscn3)CC2)cc1. The van der Waals surface area contributed by atoms with Crippen LogP contribution in [0.5, 0.6) is 5.75 Å². The molecule has 0 N–H and O–H groups in total. The number of sulfonamides is 1. The summed E-state index contributed by atoms with van der Waals surface area (Å²) in [6.07, 6.45) is 3.14. The number of benzene rings is 1. The van der Waals surface area contributed by atoms with Gasteiger partial charge in [0.1, 0.15) is 5.75 Å². The summed E-state index contributed by atoms with van der Waals surface area (Å²) in [5.41, 5.74) is 2.44. The van der Waals surface area contributed by atoms with E-state index < -0.39 is 10.0 Å². The number of nitrogens with zero attached hydrogens (tertiary/aromatic N) is 3. The normalized spacial score (nSPS) is 16.1. The van der Waals surface area contributed by atoms with E-state index in [1.165, 1.54) is 41.0 Å². The third kappa shape index (κ3) is 4.12. The molecule has 0 aliphatic carbocycles. The maximum Gasteiger partial charge on any atom is 0.246 e. The summed E-state index contributed by atoms with van der Waals surface area (Å²) < 4.78 is 31.9. The Morgan fingerprint density at radius 3 is 2.46 bits per heavy atom. The van der Waals surface area contributed by atoms with Crippen LogP contribution in [-0.2, 0) is 14.8 Å². The highest BCUT2D eigenvalue weighted by Gasteiger charge is 2.29. The fourth-order valence-electron chi connectivity index (χ4n) is 2.61. The van der Waals surface area contributed by atoms with E-state index in [0.29, 0.717) is 18.8 Å². The number of methoxy groups -OCH3 is 1. The minimum Gasteiger partial charge on any atom is -0.497 e. The van der Waals surface area contributed by atoms with E-state index in [2.05, 4.69) is 4.98 Å². The lowest BCUT2D eigenvalue weighted by molar-refractivity contribution is -0.127. The van der Waals surface area contributed by atoms with Gasteiger partial charge < -0.3 is 9.64 Å². The van der Waals surface area contributed by atoms with Gasteiger partial charge in [-0.1, -0.05) is 0 Å². The van der Waals surface area contributed by atoms with Gasteiger partial charge in [0.25, 0.3) is 0 Å². The second kappa shape index (κ2) is 7.98. The van der Waals surface area contributed by atoms with Crippen LogP contribution in [0.25, 0.3) is 6.08 Å². The van der Waals surface area contributed by atoms with Crippen molar-refractivity contribution in [1.29, 1.82) is 0 Å². The number of hydrogen-bond donors (Lipinski definition) is 0. The molecule has 1 amide bonds. The van der Waals surface area contributed by atoms with Crippen LogP contribution in [-0.4, -0.2) is 61.8 Å². The molecule has 138 valence electrons. The van der Waals surface area contributed by atoms with E-state index in [1.807, 2.05) is 5.38 Å². The number of aromatic nitrogens is 1. The van der Waals surface area contributed by atoms with Gasteiger partial charge in [0.2, 0.25) is 15.9 Å². The zero-order valence-electron chi connectivity index (χ0n) is 14.2. The summed E-state index contributed by atoms with van der Waals surface area (Å²) >= 11 is 1.46. The van der Waals surface area contributed by atoms with Crippen LogP contribution in [0.2, 0.25) is 0 Å². The molecule has 1 aromatic carbocycles. The number of carbonyl (C=O) groups is 1. The largest absolute Gasteiger partial charge is 0.497 e. The van der Waals surface area contributed by atoms with Gasteiger partial charge in [-0.3, -0.25) is 4.79 Å². The first-order valence-corrected chi connectivity index (χ1v) is 10.4. The molecule has 26 heavy (non-hydrogen) atoms. The molecule has 0 radical (unpaired) electrons. The second-order valence-electron chi connectivity index (χ2n) is 5.65. The van der Waals surface area contributed by atoms with Crippen molar-refractivity contribution < 1.29 is 17.9 Å². The fourth-order valence-corrected chi connectivity index (χ4v) is 4.56. The molecule has 1 aromatic heterocycles. The number of hydrogen-bond acceptors (Lipinski definition) is 6. The standard InChI is InChI=1S/C17H19N3O4S2/c1-24-15-3-5-16(6-4-15)26(22,23)20-10-8-19(9-11-20)17(21)7-2-14-12-25-13-18-14/h2-7,12-13H,8-11H2,1H3/b7-2+. The van der Waals surface area contributed by atoms with Gasteiger partial charge in [0.05, 0.1) is 23.2 Å². The smallest absolute Gasteiger partial charge is 0.246 e. The van der Waals surface area contributed by atoms with Crippen LogP contribution >= 0.6 is 11.3 Å². The van der Waals surface area contributed by atoms with E-state index in [1.54, 1.807) is 28.6 Å². The van der Waals surface area contributed by atoms with E-state index in [9.17, 15) is 13.2 Å². The highest BCUT2D eigenvalue weighted by Crippen LogP contribution is 2.20. The molecular formula is C17H19N3O4S2. The summed E-state index contributed by atoms with van der Waals surface area (Å²) in [4.78, 5) is 18.2. The van der Waals surface area contributed by atoms with Crippen molar-refractivity contribution in [3.05, 3.63) is 46.9 Å². The number of carbonyl (C=O) groups excluding carboxylic acids is 1. The van der Waals surface area contributed by atoms with Crippen molar-refractivity contribution in [3.8, 4) is 5.75 Å². The number of rotatable bonds is 5. The van der Waals surface area contributed by atoms with Crippen molar-refractivity contribution in [1.82, 2.24) is 14.2 Å².